The van der Waals surface area contributed by atoms with E-state index in [0.717, 1.165) is 47.8 Å². The molecule has 1 saturated heterocycles. The lowest BCUT2D eigenvalue weighted by molar-refractivity contribution is -0.113. The molecular weight excluding hydrogens is 414 g/mol. The molecule has 6 nitrogen and oxygen atoms in total. The summed E-state index contributed by atoms with van der Waals surface area (Å²) in [7, 11) is 0. The zero-order valence-electron chi connectivity index (χ0n) is 17.0. The van der Waals surface area contributed by atoms with E-state index in [1.165, 1.54) is 34.3 Å². The van der Waals surface area contributed by atoms with E-state index in [2.05, 4.69) is 67.8 Å². The van der Waals surface area contributed by atoms with E-state index in [4.69, 9.17) is 0 Å². The Hall–Kier alpha value is -2.42. The standard InChI is InChI=1S/C22H25N5OS2/c1-17-24-25-22(30-17)29-16-21(28)23-19-7-9-20(10-8-19)27-13-11-26(12-14-27)15-18-5-3-2-4-6-18/h2-10H,11-16H2,1H3,(H,23,28). The summed E-state index contributed by atoms with van der Waals surface area (Å²) in [6.45, 7) is 7.04. The quantitative estimate of drug-likeness (QED) is 0.564. The monoisotopic (exact) mass is 439 g/mol. The van der Waals surface area contributed by atoms with Crippen LogP contribution in [0.15, 0.2) is 58.9 Å². The maximum atomic E-state index is 12.2. The van der Waals surface area contributed by atoms with Crippen molar-refractivity contribution in [1.29, 1.82) is 0 Å². The maximum Gasteiger partial charge on any atom is 0.234 e. The van der Waals surface area contributed by atoms with Crippen LogP contribution in [-0.4, -0.2) is 52.9 Å². The molecule has 0 radical (unpaired) electrons. The molecule has 1 aliphatic heterocycles. The van der Waals surface area contributed by atoms with E-state index < -0.39 is 0 Å². The number of amides is 1. The third kappa shape index (κ3) is 5.81. The van der Waals surface area contributed by atoms with Crippen LogP contribution in [0.5, 0.6) is 0 Å². The van der Waals surface area contributed by atoms with Gasteiger partial charge in [0.15, 0.2) is 4.34 Å². The molecule has 30 heavy (non-hydrogen) atoms. The summed E-state index contributed by atoms with van der Waals surface area (Å²) in [6.07, 6.45) is 0. The van der Waals surface area contributed by atoms with E-state index in [0.29, 0.717) is 5.75 Å². The number of anilines is 2. The number of carbonyl (C=O) groups is 1. The first-order chi connectivity index (χ1) is 14.7. The lowest BCUT2D eigenvalue weighted by Crippen LogP contribution is -2.45. The molecule has 2 aromatic carbocycles. The van der Waals surface area contributed by atoms with Gasteiger partial charge in [-0.1, -0.05) is 53.4 Å². The highest BCUT2D eigenvalue weighted by atomic mass is 32.2. The summed E-state index contributed by atoms with van der Waals surface area (Å²) < 4.78 is 0.824. The predicted molar refractivity (Wildman–Crippen MR) is 124 cm³/mol. The van der Waals surface area contributed by atoms with E-state index in [1.54, 1.807) is 0 Å². The molecule has 0 saturated carbocycles. The van der Waals surface area contributed by atoms with Gasteiger partial charge in [-0.3, -0.25) is 9.69 Å². The van der Waals surface area contributed by atoms with Crippen LogP contribution in [-0.2, 0) is 11.3 Å². The molecule has 1 amide bonds. The summed E-state index contributed by atoms with van der Waals surface area (Å²) >= 11 is 2.92. The molecule has 2 heterocycles. The van der Waals surface area contributed by atoms with Crippen molar-refractivity contribution in [2.75, 3.05) is 42.1 Å². The fourth-order valence-corrected chi connectivity index (χ4v) is 5.04. The van der Waals surface area contributed by atoms with Crippen molar-refractivity contribution in [3.63, 3.8) is 0 Å². The van der Waals surface area contributed by atoms with Gasteiger partial charge in [-0.15, -0.1) is 10.2 Å². The SMILES string of the molecule is Cc1nnc(SCC(=O)Nc2ccc(N3CCN(Cc4ccccc4)CC3)cc2)s1. The van der Waals surface area contributed by atoms with Gasteiger partial charge in [0.1, 0.15) is 5.01 Å². The Kier molecular flexibility index (Phi) is 6.99. The van der Waals surface area contributed by atoms with Gasteiger partial charge in [-0.25, -0.2) is 0 Å². The number of nitrogens with one attached hydrogen (secondary N) is 1. The number of thioether (sulfide) groups is 1. The minimum atomic E-state index is -0.0323. The average molecular weight is 440 g/mol. The van der Waals surface area contributed by atoms with Gasteiger partial charge in [-0.05, 0) is 36.8 Å². The normalized spacial score (nSPS) is 14.6. The minimum Gasteiger partial charge on any atom is -0.369 e. The molecular formula is C22H25N5OS2. The number of benzene rings is 2. The third-order valence-electron chi connectivity index (χ3n) is 4.97. The molecule has 8 heteroatoms. The van der Waals surface area contributed by atoms with Crippen molar-refractivity contribution >= 4 is 40.4 Å². The molecule has 156 valence electrons. The number of rotatable bonds is 7. The highest BCUT2D eigenvalue weighted by molar-refractivity contribution is 8.01. The topological polar surface area (TPSA) is 61.4 Å². The molecule has 0 unspecified atom stereocenters. The number of aryl methyl sites for hydroxylation is 1. The zero-order valence-corrected chi connectivity index (χ0v) is 18.6. The van der Waals surface area contributed by atoms with Crippen molar-refractivity contribution < 1.29 is 4.79 Å². The summed E-state index contributed by atoms with van der Waals surface area (Å²) in [4.78, 5) is 17.1. The smallest absolute Gasteiger partial charge is 0.234 e. The molecule has 4 rings (SSSR count). The van der Waals surface area contributed by atoms with Gasteiger partial charge >= 0.3 is 0 Å². The lowest BCUT2D eigenvalue weighted by atomic mass is 10.2. The molecule has 0 spiro atoms. The number of aromatic nitrogens is 2. The summed E-state index contributed by atoms with van der Waals surface area (Å²) in [6, 6.07) is 18.8. The number of hydrogen-bond donors (Lipinski definition) is 1. The van der Waals surface area contributed by atoms with Crippen molar-refractivity contribution in [3.8, 4) is 0 Å². The van der Waals surface area contributed by atoms with Crippen LogP contribution in [0.3, 0.4) is 0 Å². The van der Waals surface area contributed by atoms with E-state index in [1.807, 2.05) is 19.1 Å². The van der Waals surface area contributed by atoms with Crippen LogP contribution in [0.1, 0.15) is 10.6 Å². The van der Waals surface area contributed by atoms with Crippen LogP contribution >= 0.6 is 23.1 Å². The Balaban J connectivity index is 1.23. The van der Waals surface area contributed by atoms with Crippen LogP contribution < -0.4 is 10.2 Å². The molecule has 0 atom stereocenters. The molecule has 0 aliphatic carbocycles. The second kappa shape index (κ2) is 10.1. The number of nitrogens with zero attached hydrogens (tertiary/aromatic N) is 4. The number of piperazine rings is 1. The van der Waals surface area contributed by atoms with Crippen LogP contribution in [0.4, 0.5) is 11.4 Å². The lowest BCUT2D eigenvalue weighted by Gasteiger charge is -2.36. The first-order valence-corrected chi connectivity index (χ1v) is 11.8. The molecule has 1 aliphatic rings. The van der Waals surface area contributed by atoms with E-state index >= 15 is 0 Å². The summed E-state index contributed by atoms with van der Waals surface area (Å²) in [5.74, 6) is 0.301. The Morgan fingerprint density at radius 1 is 1.03 bits per heavy atom. The third-order valence-corrected chi connectivity index (χ3v) is 6.94. The highest BCUT2D eigenvalue weighted by Gasteiger charge is 2.17. The molecule has 0 bridgehead atoms. The second-order valence-corrected chi connectivity index (χ2v) is 9.62. The molecule has 1 aromatic heterocycles. The molecule has 1 fully saturated rings. The average Bonchev–Trinajstić information content (AvgIpc) is 3.19. The molecule has 3 aromatic rings. The highest BCUT2D eigenvalue weighted by Crippen LogP contribution is 2.23. The Bertz CT molecular complexity index is 953. The fourth-order valence-electron chi connectivity index (χ4n) is 3.42. The van der Waals surface area contributed by atoms with Gasteiger partial charge in [0, 0.05) is 44.1 Å². The molecule has 1 N–H and O–H groups in total. The van der Waals surface area contributed by atoms with Crippen molar-refractivity contribution in [1.82, 2.24) is 15.1 Å². The Labute approximate surface area is 185 Å². The van der Waals surface area contributed by atoms with Crippen LogP contribution in [0, 0.1) is 6.92 Å². The Morgan fingerprint density at radius 2 is 1.77 bits per heavy atom. The van der Waals surface area contributed by atoms with Crippen molar-refractivity contribution in [2.45, 2.75) is 17.8 Å². The largest absolute Gasteiger partial charge is 0.369 e. The van der Waals surface area contributed by atoms with E-state index in [9.17, 15) is 4.79 Å². The fraction of sp³-hybridized carbons (Fsp3) is 0.318. The summed E-state index contributed by atoms with van der Waals surface area (Å²) in [5, 5.41) is 11.9. The zero-order chi connectivity index (χ0) is 20.8. The van der Waals surface area contributed by atoms with E-state index in [-0.39, 0.29) is 5.91 Å². The maximum absolute atomic E-state index is 12.2. The van der Waals surface area contributed by atoms with Crippen LogP contribution in [0.2, 0.25) is 0 Å². The van der Waals surface area contributed by atoms with Crippen molar-refractivity contribution in [2.24, 2.45) is 0 Å². The second-order valence-electron chi connectivity index (χ2n) is 7.22. The van der Waals surface area contributed by atoms with Crippen LogP contribution in [0.25, 0.3) is 0 Å². The first kappa shape index (κ1) is 20.8. The number of hydrogen-bond acceptors (Lipinski definition) is 7. The van der Waals surface area contributed by atoms with Gasteiger partial charge in [0.25, 0.3) is 0 Å². The summed E-state index contributed by atoms with van der Waals surface area (Å²) in [5.41, 5.74) is 3.39. The van der Waals surface area contributed by atoms with Crippen molar-refractivity contribution in [3.05, 3.63) is 65.2 Å². The predicted octanol–water partition coefficient (Wildman–Crippen LogP) is 3.90. The Morgan fingerprint density at radius 3 is 2.43 bits per heavy atom. The van der Waals surface area contributed by atoms with Gasteiger partial charge in [0.2, 0.25) is 5.91 Å². The van der Waals surface area contributed by atoms with Gasteiger partial charge in [-0.2, -0.15) is 0 Å². The number of carbonyl (C=O) groups excluding carboxylic acids is 1. The first-order valence-electron chi connectivity index (χ1n) is 10.00. The van der Waals surface area contributed by atoms with Gasteiger partial charge in [0.05, 0.1) is 5.75 Å². The van der Waals surface area contributed by atoms with Gasteiger partial charge < -0.3 is 10.2 Å². The minimum absolute atomic E-state index is 0.0323.